The number of carbonyl (C=O) groups is 2. The smallest absolute Gasteiger partial charge is 0.217 e. The van der Waals surface area contributed by atoms with Crippen LogP contribution < -0.4 is 10.6 Å². The third-order valence-electron chi connectivity index (χ3n) is 25.9. The molecule has 60 atom stereocenters. The van der Waals surface area contributed by atoms with E-state index in [1.165, 1.54) is 0 Å². The Hall–Kier alpha value is -3.42. The molecule has 139 heavy (non-hydrogen) atoms. The Balaban J connectivity index is 0.907. The van der Waals surface area contributed by atoms with Gasteiger partial charge in [0.1, 0.15) is 293 Å². The summed E-state index contributed by atoms with van der Waals surface area (Å²) in [7, 11) is 0. The topological polar surface area (TPSA) is 999 Å². The van der Waals surface area contributed by atoms with E-state index in [4.69, 9.17) is 109 Å². The summed E-state index contributed by atoms with van der Waals surface area (Å²) in [5.41, 5.74) is 0. The van der Waals surface area contributed by atoms with Gasteiger partial charge in [-0.1, -0.05) is 0 Å². The van der Waals surface area contributed by atoms with Gasteiger partial charge in [0.2, 0.25) is 11.8 Å². The summed E-state index contributed by atoms with van der Waals surface area (Å²) >= 11 is 0. The van der Waals surface area contributed by atoms with Crippen LogP contribution in [0.2, 0.25) is 0 Å². The van der Waals surface area contributed by atoms with Crippen molar-refractivity contribution in [2.45, 2.75) is 382 Å². The minimum atomic E-state index is -2.68. The first-order valence-electron chi connectivity index (χ1n) is 44.2. The molecule has 0 radical (unpaired) electrons. The van der Waals surface area contributed by atoms with Crippen molar-refractivity contribution in [3.05, 3.63) is 0 Å². The summed E-state index contributed by atoms with van der Waals surface area (Å²) in [5, 5.41) is 410. The number of aliphatic hydroxyl groups excluding tert-OH is 36. The van der Waals surface area contributed by atoms with Crippen LogP contribution in [-0.4, -0.2) is 643 Å². The molecule has 0 aromatic heterocycles. The van der Waals surface area contributed by atoms with Crippen molar-refractivity contribution in [1.82, 2.24) is 10.6 Å². The molecule has 63 nitrogen and oxygen atoms in total. The van der Waals surface area contributed by atoms with Crippen molar-refractivity contribution >= 4 is 11.8 Å². The minimum Gasteiger partial charge on any atom is -0.394 e. The van der Waals surface area contributed by atoms with Crippen molar-refractivity contribution in [1.29, 1.82) is 0 Å². The van der Waals surface area contributed by atoms with Crippen LogP contribution in [0, 0.1) is 0 Å². The molecule has 38 N–H and O–H groups in total. The number of hydrogen-bond donors (Lipinski definition) is 38. The van der Waals surface area contributed by atoms with E-state index in [-0.39, 0.29) is 0 Å². The van der Waals surface area contributed by atoms with Gasteiger partial charge in [-0.25, -0.2) is 0 Å². The molecule has 0 aliphatic carbocycles. The molecule has 63 heteroatoms. The maximum absolute atomic E-state index is 13.8. The largest absolute Gasteiger partial charge is 0.394 e. The van der Waals surface area contributed by atoms with Gasteiger partial charge in [-0.2, -0.15) is 0 Å². The molecule has 2 amide bonds. The summed E-state index contributed by atoms with van der Waals surface area (Å²) in [6, 6.07) is -4.15. The Bertz CT molecular complexity index is 3730. The van der Waals surface area contributed by atoms with Gasteiger partial charge in [0, 0.05) is 13.8 Å². The van der Waals surface area contributed by atoms with Gasteiger partial charge in [0.15, 0.2) is 75.5 Å². The lowest BCUT2D eigenvalue weighted by atomic mass is 9.94. The Kier molecular flexibility index (Phi) is 41.0. The molecule has 12 aliphatic rings. The lowest BCUT2D eigenvalue weighted by Crippen LogP contribution is -2.71. The monoisotopic (exact) mass is 2040 g/mol. The average molecular weight is 2050 g/mol. The molecule has 808 valence electrons. The van der Waals surface area contributed by atoms with Crippen LogP contribution in [0.15, 0.2) is 0 Å². The second-order valence-corrected chi connectivity index (χ2v) is 35.1. The fraction of sp³-hybridized carbons (Fsp3) is 0.974. The number of nitrogens with one attached hydrogen (secondary N) is 2. The van der Waals surface area contributed by atoms with Crippen LogP contribution in [0.1, 0.15) is 13.8 Å². The van der Waals surface area contributed by atoms with Gasteiger partial charge < -0.3 is 303 Å². The zero-order valence-electron chi connectivity index (χ0n) is 73.4. The van der Waals surface area contributed by atoms with Crippen LogP contribution in [0.3, 0.4) is 0 Å². The fourth-order valence-corrected chi connectivity index (χ4v) is 18.1. The quantitative estimate of drug-likeness (QED) is 0.0277. The van der Waals surface area contributed by atoms with E-state index in [1.54, 1.807) is 0 Å². The molecular formula is C76H128N2O61. The third kappa shape index (κ3) is 24.2. The highest BCUT2D eigenvalue weighted by molar-refractivity contribution is 5.73. The molecule has 0 aromatic rings. The van der Waals surface area contributed by atoms with Crippen LogP contribution >= 0.6 is 0 Å². The van der Waals surface area contributed by atoms with E-state index in [9.17, 15) is 193 Å². The highest BCUT2D eigenvalue weighted by atomic mass is 16.8. The number of ether oxygens (including phenoxy) is 23. The van der Waals surface area contributed by atoms with Crippen LogP contribution in [0.25, 0.3) is 0 Å². The lowest BCUT2D eigenvalue weighted by molar-refractivity contribution is -0.425. The predicted octanol–water partition coefficient (Wildman–Crippen LogP) is -26.9. The molecule has 12 fully saturated rings. The van der Waals surface area contributed by atoms with Gasteiger partial charge in [0.05, 0.1) is 79.3 Å². The zero-order valence-corrected chi connectivity index (χ0v) is 73.4. The number of hydrogen-bond acceptors (Lipinski definition) is 61. The summed E-state index contributed by atoms with van der Waals surface area (Å²) in [4.78, 5) is 26.4. The van der Waals surface area contributed by atoms with E-state index in [0.29, 0.717) is 0 Å². The SMILES string of the molecule is CC(=O)N[C@@H]1[C@@H](O[C@H]2O[C@H](CO)[C@@H](O)[C@H](O)[C@@H]2O[C@H]2O[C@H](CO)[C@@H](O)[C@H](O[C@H]3O[C@H](CO)[C@@H](O)[C@H](O)[C@H]3O)[C@@H]2O[C@H]2O[C@H](CO)[C@@H](O)[C@H](O)[C@@H]2O[C@@H]2O[C@H](CO)[C@@H](O)[C@H](O)[C@@H]2O[C@@H]2O[C@H](CO)[C@@H](O)[C@H](O[C@H]3O[C@H](CO)[C@@H](O)[C@H](O)[C@@H]3O[C@H]3O[C@H](CO)[C@@H](O)[C@H](O[C@H]4O[C@H](CO)[C@@H](O)[C@H](O)[C@@H]4O)[C@H]3O[C@H]3O[C@H](CO)[C@@H](O)[C@@H](O)[C@@H]3O[C@@H]3O[C@H](CO)[C@@H](O)[C@H](O)[C@@H]3O)[C@H]2NC(C)=O)[C@H](O)[C@@H](CO)O[C@H]1O. The van der Waals surface area contributed by atoms with Crippen molar-refractivity contribution < 1.29 is 302 Å². The first-order valence-corrected chi connectivity index (χ1v) is 44.2. The number of aliphatic hydroxyl groups is 36. The van der Waals surface area contributed by atoms with Gasteiger partial charge >= 0.3 is 0 Å². The molecule has 0 aromatic carbocycles. The predicted molar refractivity (Wildman–Crippen MR) is 418 cm³/mol. The van der Waals surface area contributed by atoms with Crippen molar-refractivity contribution in [2.75, 3.05) is 79.3 Å². The lowest BCUT2D eigenvalue weighted by Gasteiger charge is -2.52. The van der Waals surface area contributed by atoms with Crippen LogP contribution in [0.5, 0.6) is 0 Å². The second-order valence-electron chi connectivity index (χ2n) is 35.1. The minimum absolute atomic E-state index is 0.803. The molecule has 0 unspecified atom stereocenters. The summed E-state index contributed by atoms with van der Waals surface area (Å²) in [5.74, 6) is -2.09. The summed E-state index contributed by atoms with van der Waals surface area (Å²) < 4.78 is 139. The van der Waals surface area contributed by atoms with E-state index < -0.39 is 459 Å². The van der Waals surface area contributed by atoms with Crippen molar-refractivity contribution in [3.63, 3.8) is 0 Å². The van der Waals surface area contributed by atoms with Crippen LogP contribution in [0.4, 0.5) is 0 Å². The molecule has 0 saturated carbocycles. The fourth-order valence-electron chi connectivity index (χ4n) is 18.1. The number of rotatable bonds is 36. The van der Waals surface area contributed by atoms with Gasteiger partial charge in [0.25, 0.3) is 0 Å². The van der Waals surface area contributed by atoms with E-state index in [0.717, 1.165) is 13.8 Å². The average Bonchev–Trinajstić information content (AvgIpc) is 0.757. The summed E-state index contributed by atoms with van der Waals surface area (Å²) in [6.45, 7) is -13.1. The first-order chi connectivity index (χ1) is 66.0. The third-order valence-corrected chi connectivity index (χ3v) is 25.9. The molecule has 0 spiro atoms. The number of amides is 2. The Labute approximate surface area is 784 Å². The van der Waals surface area contributed by atoms with Gasteiger partial charge in [-0.15, -0.1) is 0 Å². The Morgan fingerprint density at radius 3 is 0.576 bits per heavy atom. The highest BCUT2D eigenvalue weighted by Gasteiger charge is 2.65. The maximum Gasteiger partial charge on any atom is 0.217 e. The zero-order chi connectivity index (χ0) is 102. The molecular weight excluding hydrogens is 1920 g/mol. The molecule has 12 rings (SSSR count). The Morgan fingerprint density at radius 1 is 0.173 bits per heavy atom. The molecule has 12 saturated heterocycles. The highest BCUT2D eigenvalue weighted by Crippen LogP contribution is 2.44. The molecule has 12 aliphatic heterocycles. The van der Waals surface area contributed by atoms with Crippen molar-refractivity contribution in [3.8, 4) is 0 Å². The van der Waals surface area contributed by atoms with Crippen LogP contribution in [-0.2, 0) is 119 Å². The van der Waals surface area contributed by atoms with Gasteiger partial charge in [-0.3, -0.25) is 9.59 Å². The van der Waals surface area contributed by atoms with Crippen molar-refractivity contribution in [2.24, 2.45) is 0 Å². The van der Waals surface area contributed by atoms with E-state index in [1.807, 2.05) is 0 Å². The summed E-state index contributed by atoms with van der Waals surface area (Å²) in [6.07, 6.45) is -135. The second kappa shape index (κ2) is 49.8. The molecule has 12 heterocycles. The van der Waals surface area contributed by atoms with E-state index in [2.05, 4.69) is 10.6 Å². The van der Waals surface area contributed by atoms with E-state index >= 15 is 0 Å². The first kappa shape index (κ1) is 114. The standard InChI is InChI=1S/C76H128N2O61/c1-15(91)77-29-54(39(101)25(11-87)117-65(29)116)129-70-60(48(110)36(98)20(6-82)122-70)136-76-64(57(42(104)28(14-90)128-76)132-68-52(114)44(106)32(94)18(4-80)120-68)139-74-62(50(112)38(100)24(10-86)126-74)135-72-58(46(108)34(96)22(8-84)124-72)133-66-30(78-16(2)92)55(40(102)26(12-88)118-66)130-71-61(49(111)37(99)21(7-83)123-71)137-75-63(56(41(103)27(13-89)127-75)131-67-51(113)43(105)31(93)17(3-79)119-67)138-73-59(47(109)35(97)23(9-85)125-73)134-69-53(115)45(107)33(95)19(5-81)121-69/h17-76,79-90,93-116H,3-14H2,1-2H3,(H,77,91)(H,78,92)/t17-,18-,19-,20-,21-,22-,23-,24-,25-,26-,27-,28-,29-,30-,31-,32-,33-,34-,35-,36-,37-,38-,39-,40-,41-,42-,43+,44+,45+,46+,47-,48+,49+,50+,51+,52-,53+,54-,55-,56+,57+,58+,59+,60+,61+,62+,63-,64+,65-,66+,67-,68-,69+,70-,71-,72+,73-,74-,75-,76-/m1/s1. The molecule has 0 bridgehead atoms. The number of carbonyl (C=O) groups excluding carboxylic acids is 2. The normalized spacial score (nSPS) is 51.9. The van der Waals surface area contributed by atoms with Gasteiger partial charge in [-0.05, 0) is 0 Å². The maximum atomic E-state index is 13.8. The Morgan fingerprint density at radius 2 is 0.331 bits per heavy atom.